The number of nitrogens with zero attached hydrogens (tertiary/aromatic N) is 7. The van der Waals surface area contributed by atoms with E-state index in [2.05, 4.69) is 31.9 Å². The first-order valence-corrected chi connectivity index (χ1v) is 17.6. The number of likely N-dealkylation sites (tertiary alicyclic amines) is 1. The van der Waals surface area contributed by atoms with Gasteiger partial charge >= 0.3 is 11.8 Å². The van der Waals surface area contributed by atoms with Crippen LogP contribution in [0, 0.1) is 17.2 Å². The van der Waals surface area contributed by atoms with Crippen molar-refractivity contribution >= 4 is 40.1 Å². The molecule has 1 unspecified atom stereocenters. The van der Waals surface area contributed by atoms with Crippen LogP contribution in [0.5, 0.6) is 5.88 Å². The van der Waals surface area contributed by atoms with Crippen molar-refractivity contribution in [3.63, 3.8) is 0 Å². The van der Waals surface area contributed by atoms with Crippen molar-refractivity contribution in [1.29, 1.82) is 5.26 Å². The number of anilines is 2. The monoisotopic (exact) mass is 657 g/mol. The fourth-order valence-corrected chi connectivity index (χ4v) is 9.79. The molecule has 2 aliphatic carbocycles. The van der Waals surface area contributed by atoms with E-state index in [1.807, 2.05) is 6.21 Å². The van der Waals surface area contributed by atoms with Crippen LogP contribution in [0.15, 0.2) is 4.52 Å². The lowest BCUT2D eigenvalue weighted by Crippen LogP contribution is -2.40. The number of thiophene rings is 1. The van der Waals surface area contributed by atoms with Gasteiger partial charge in [0.05, 0.1) is 31.1 Å². The first-order chi connectivity index (χ1) is 22.7. The number of nitrogen functional groups attached to an aromatic ring is 1. The molecule has 2 N–H and O–H groups in total. The van der Waals surface area contributed by atoms with Gasteiger partial charge in [-0.1, -0.05) is 10.1 Å². The second-order valence-electron chi connectivity index (χ2n) is 13.9. The number of carbonyl (C=O) groups is 1. The molecule has 8 rings (SSSR count). The number of ether oxygens (including phenoxy) is 2. The first kappa shape index (κ1) is 30.5. The van der Waals surface area contributed by atoms with Crippen molar-refractivity contribution in [3.05, 3.63) is 27.3 Å². The Morgan fingerprint density at radius 3 is 2.74 bits per heavy atom. The molecule has 0 bridgehead atoms. The highest BCUT2D eigenvalue weighted by molar-refractivity contribution is 7.16. The van der Waals surface area contributed by atoms with Gasteiger partial charge in [-0.25, -0.2) is 9.69 Å². The molecule has 3 aliphatic heterocycles. The maximum absolute atomic E-state index is 13.7. The van der Waals surface area contributed by atoms with E-state index in [1.54, 1.807) is 16.5 Å². The summed E-state index contributed by atoms with van der Waals surface area (Å²) >= 11 is 1.53. The number of hydrogen-bond acceptors (Lipinski definition) is 11. The Hall–Kier alpha value is -3.86. The molecule has 1 spiro atoms. The summed E-state index contributed by atoms with van der Waals surface area (Å²) < 4.78 is 20.1. The second-order valence-corrected chi connectivity index (χ2v) is 15.0. The molecule has 5 atom stereocenters. The van der Waals surface area contributed by atoms with Crippen molar-refractivity contribution in [2.24, 2.45) is 5.92 Å². The highest BCUT2D eigenvalue weighted by atomic mass is 32.1. The largest absolute Gasteiger partial charge is 0.470 e. The lowest BCUT2D eigenvalue weighted by molar-refractivity contribution is -0.324. The zero-order valence-electron chi connectivity index (χ0n) is 27.4. The van der Waals surface area contributed by atoms with Gasteiger partial charge in [0.2, 0.25) is 11.4 Å². The van der Waals surface area contributed by atoms with Crippen LogP contribution in [0.4, 0.5) is 21.3 Å². The molecule has 6 heterocycles. The van der Waals surface area contributed by atoms with E-state index in [0.717, 1.165) is 74.6 Å². The van der Waals surface area contributed by atoms with Gasteiger partial charge in [-0.15, -0.1) is 11.3 Å². The number of likely N-dealkylation sites (N-methyl/N-ethyl adjacent to an activating group) is 1. The summed E-state index contributed by atoms with van der Waals surface area (Å²) in [5.41, 5.74) is 9.90. The van der Waals surface area contributed by atoms with Crippen LogP contribution in [0.25, 0.3) is 11.6 Å². The average Bonchev–Trinajstić information content (AvgIpc) is 3.89. The molecule has 2 amide bonds. The maximum atomic E-state index is 13.7. The number of nitriles is 1. The lowest BCUT2D eigenvalue weighted by Gasteiger charge is -2.39. The third kappa shape index (κ3) is 4.63. The van der Waals surface area contributed by atoms with Crippen LogP contribution in [0.1, 0.15) is 86.1 Å². The minimum Gasteiger partial charge on any atom is -0.470 e. The van der Waals surface area contributed by atoms with Crippen LogP contribution in [0.3, 0.4) is 0 Å². The number of hydrogen-bond donors (Lipinski definition) is 1. The number of fused-ring (bicyclic) bond motifs is 5. The summed E-state index contributed by atoms with van der Waals surface area (Å²) in [7, 11) is 3.88. The normalized spacial score (nSPS) is 28.5. The molecule has 3 aromatic rings. The Balaban J connectivity index is 1.27. The molecule has 5 aliphatic rings. The van der Waals surface area contributed by atoms with Crippen molar-refractivity contribution in [2.45, 2.75) is 95.2 Å². The third-order valence-corrected chi connectivity index (χ3v) is 12.3. The molecule has 12 nitrogen and oxygen atoms in total. The van der Waals surface area contributed by atoms with E-state index < -0.39 is 5.41 Å². The number of nitrogens with two attached hydrogens (primary N) is 1. The van der Waals surface area contributed by atoms with Gasteiger partial charge in [-0.3, -0.25) is 4.90 Å². The van der Waals surface area contributed by atoms with Crippen molar-refractivity contribution in [1.82, 2.24) is 20.0 Å². The summed E-state index contributed by atoms with van der Waals surface area (Å²) in [6.07, 6.45) is 10.0. The van der Waals surface area contributed by atoms with Crippen LogP contribution in [-0.4, -0.2) is 82.3 Å². The number of rotatable bonds is 5. The molecular formula is C34H41N8O4S+. The van der Waals surface area contributed by atoms with Gasteiger partial charge in [-0.05, 0) is 84.2 Å². The van der Waals surface area contributed by atoms with Crippen LogP contribution in [-0.2, 0) is 23.0 Å². The van der Waals surface area contributed by atoms with Gasteiger partial charge in [-0.2, -0.15) is 14.8 Å². The molecule has 13 heteroatoms. The van der Waals surface area contributed by atoms with Gasteiger partial charge in [0.25, 0.3) is 11.7 Å². The van der Waals surface area contributed by atoms with Crippen molar-refractivity contribution in [3.8, 4) is 23.5 Å². The minimum atomic E-state index is -0.436. The van der Waals surface area contributed by atoms with Gasteiger partial charge in [0.15, 0.2) is 0 Å². The maximum Gasteiger partial charge on any atom is 0.448 e. The van der Waals surface area contributed by atoms with E-state index >= 15 is 0 Å². The van der Waals surface area contributed by atoms with E-state index in [4.69, 9.17) is 34.9 Å². The Labute approximate surface area is 278 Å². The Morgan fingerprint density at radius 2 is 2.02 bits per heavy atom. The van der Waals surface area contributed by atoms with Gasteiger partial charge in [0, 0.05) is 40.5 Å². The fraction of sp³-hybridized carbons (Fsp3) is 0.588. The van der Waals surface area contributed by atoms with E-state index in [-0.39, 0.29) is 24.1 Å². The zero-order chi connectivity index (χ0) is 32.6. The van der Waals surface area contributed by atoms with Gasteiger partial charge in [0.1, 0.15) is 17.2 Å². The SMILES string of the molecule is C[C@H](Oc1nc(-c2onc3c2CCC[C@@]32CCCc3sc(N)c(C#N)c32)nc2c1N(C)C(=O)/[N+]2=C\C1CCOC1)[C@@H]1CC[C@H](C)N1C. The molecule has 47 heavy (non-hydrogen) atoms. The van der Waals surface area contributed by atoms with E-state index in [9.17, 15) is 10.1 Å². The van der Waals surface area contributed by atoms with Crippen molar-refractivity contribution in [2.75, 3.05) is 37.9 Å². The fourth-order valence-electron chi connectivity index (χ4n) is 8.63. The quantitative estimate of drug-likeness (QED) is 0.364. The number of amides is 2. The summed E-state index contributed by atoms with van der Waals surface area (Å²) in [6, 6.07) is 2.86. The second kappa shape index (κ2) is 11.4. The van der Waals surface area contributed by atoms with E-state index in [0.29, 0.717) is 58.8 Å². The molecule has 0 saturated carbocycles. The van der Waals surface area contributed by atoms with Crippen LogP contribution in [0.2, 0.25) is 0 Å². The lowest BCUT2D eigenvalue weighted by atomic mass is 9.62. The number of aryl methyl sites for hydroxylation is 1. The Morgan fingerprint density at radius 1 is 1.21 bits per heavy atom. The molecule has 2 fully saturated rings. The number of carbonyl (C=O) groups excluding carboxylic acids is 1. The third-order valence-electron chi connectivity index (χ3n) is 11.2. The van der Waals surface area contributed by atoms with Crippen LogP contribution < -0.4 is 15.4 Å². The summed E-state index contributed by atoms with van der Waals surface area (Å²) in [5, 5.41) is 15.4. The smallest absolute Gasteiger partial charge is 0.448 e. The standard InChI is InChI=1S/C34H41N8O4S/c1-18-9-10-23(40(18)3)19(2)45-32-26-31(42(33(43)41(26)4)16-20-11-14-44-17-20)37-30(38-32)27-21-7-5-12-34(28(21)39-46-27)13-6-8-24-25(34)22(15-35)29(36)47-24/h16,18-20,23H,5-14,17,36H2,1-4H3/q+1/b42-16-/t18-,19-,20?,23-,34-/m0/s1. The zero-order valence-corrected chi connectivity index (χ0v) is 28.2. The molecule has 246 valence electrons. The topological polar surface area (TPSA) is 147 Å². The summed E-state index contributed by atoms with van der Waals surface area (Å²) in [6.45, 7) is 5.53. The first-order valence-electron chi connectivity index (χ1n) is 16.8. The molecular weight excluding hydrogens is 616 g/mol. The Kier molecular flexibility index (Phi) is 7.38. The van der Waals surface area contributed by atoms with E-state index in [1.165, 1.54) is 16.2 Å². The molecule has 0 aromatic carbocycles. The van der Waals surface area contributed by atoms with Crippen molar-refractivity contribution < 1.29 is 23.4 Å². The average molecular weight is 658 g/mol. The molecule has 3 aromatic heterocycles. The predicted molar refractivity (Wildman–Crippen MR) is 177 cm³/mol. The molecule has 0 radical (unpaired) electrons. The summed E-state index contributed by atoms with van der Waals surface area (Å²) in [4.78, 5) is 28.9. The number of urea groups is 1. The highest BCUT2D eigenvalue weighted by Gasteiger charge is 2.50. The van der Waals surface area contributed by atoms with Gasteiger partial charge < -0.3 is 19.7 Å². The number of aromatic nitrogens is 3. The highest BCUT2D eigenvalue weighted by Crippen LogP contribution is 2.55. The predicted octanol–water partition coefficient (Wildman–Crippen LogP) is 5.18. The summed E-state index contributed by atoms with van der Waals surface area (Å²) in [5.74, 6) is 1.76. The van der Waals surface area contributed by atoms with Crippen LogP contribution >= 0.6 is 11.3 Å². The minimum absolute atomic E-state index is 0.0967. The Bertz CT molecular complexity index is 1830. The molecule has 2 saturated heterocycles.